The Labute approximate surface area is 166 Å². The van der Waals surface area contributed by atoms with Crippen LogP contribution < -0.4 is 5.73 Å². The summed E-state index contributed by atoms with van der Waals surface area (Å²) < 4.78 is 15.3. The van der Waals surface area contributed by atoms with Crippen LogP contribution in [0.1, 0.15) is 28.8 Å². The molecule has 0 saturated carbocycles. The van der Waals surface area contributed by atoms with E-state index in [1.54, 1.807) is 23.7 Å². The van der Waals surface area contributed by atoms with E-state index in [0.29, 0.717) is 23.8 Å². The third kappa shape index (κ3) is 3.52. The van der Waals surface area contributed by atoms with Gasteiger partial charge in [-0.3, -0.25) is 9.48 Å². The zero-order chi connectivity index (χ0) is 19.8. The van der Waals surface area contributed by atoms with Crippen LogP contribution in [-0.2, 0) is 30.7 Å². The van der Waals surface area contributed by atoms with Gasteiger partial charge in [0.1, 0.15) is 12.4 Å². The van der Waals surface area contributed by atoms with Crippen molar-refractivity contribution in [2.24, 2.45) is 0 Å². The summed E-state index contributed by atoms with van der Waals surface area (Å²) in [5.41, 5.74) is 9.95. The van der Waals surface area contributed by atoms with Crippen molar-refractivity contribution in [2.45, 2.75) is 39.8 Å². The lowest BCUT2D eigenvalue weighted by Gasteiger charge is -2.26. The minimum absolute atomic E-state index is 0.0252. The number of nitrogen functional groups attached to an aromatic ring is 1. The van der Waals surface area contributed by atoms with Crippen LogP contribution in [0.4, 0.5) is 9.52 Å². The predicted molar refractivity (Wildman–Crippen MR) is 107 cm³/mol. The largest absolute Gasteiger partial charge is 0.375 e. The van der Waals surface area contributed by atoms with Crippen molar-refractivity contribution in [1.82, 2.24) is 19.7 Å². The average molecular weight is 399 g/mol. The molecular weight excluding hydrogens is 377 g/mol. The van der Waals surface area contributed by atoms with Crippen LogP contribution in [0.25, 0.3) is 11.3 Å². The van der Waals surface area contributed by atoms with Gasteiger partial charge in [0.2, 0.25) is 5.91 Å². The van der Waals surface area contributed by atoms with Crippen LogP contribution in [0.15, 0.2) is 24.3 Å². The lowest BCUT2D eigenvalue weighted by molar-refractivity contribution is -0.132. The quantitative estimate of drug-likeness (QED) is 0.731. The molecule has 0 radical (unpaired) electrons. The zero-order valence-corrected chi connectivity index (χ0v) is 16.7. The van der Waals surface area contributed by atoms with E-state index in [-0.39, 0.29) is 18.3 Å². The fraction of sp³-hybridized carbons (Fsp3) is 0.350. The number of aromatic nitrogens is 3. The predicted octanol–water partition coefficient (Wildman–Crippen LogP) is 3.18. The highest BCUT2D eigenvalue weighted by molar-refractivity contribution is 7.15. The molecular formula is C20H22FN5OS. The summed E-state index contributed by atoms with van der Waals surface area (Å²) in [6, 6.07) is 6.92. The Morgan fingerprint density at radius 2 is 2.18 bits per heavy atom. The molecule has 3 aromatic rings. The summed E-state index contributed by atoms with van der Waals surface area (Å²) in [6.45, 7) is 5.15. The number of amides is 1. The molecule has 28 heavy (non-hydrogen) atoms. The van der Waals surface area contributed by atoms with Crippen LogP contribution in [0.2, 0.25) is 0 Å². The highest BCUT2D eigenvalue weighted by Crippen LogP contribution is 2.27. The molecule has 3 heterocycles. The number of hydrogen-bond acceptors (Lipinski definition) is 5. The number of anilines is 1. The molecule has 6 nitrogen and oxygen atoms in total. The molecule has 4 rings (SSSR count). The summed E-state index contributed by atoms with van der Waals surface area (Å²) in [7, 11) is 0. The first-order valence-corrected chi connectivity index (χ1v) is 10.1. The molecule has 0 bridgehead atoms. The highest BCUT2D eigenvalue weighted by Gasteiger charge is 2.24. The van der Waals surface area contributed by atoms with E-state index in [9.17, 15) is 9.18 Å². The molecule has 2 N–H and O–H groups in total. The molecule has 1 aliphatic heterocycles. The Morgan fingerprint density at radius 3 is 2.93 bits per heavy atom. The van der Waals surface area contributed by atoms with Gasteiger partial charge in [-0.15, -0.1) is 11.3 Å². The second-order valence-electron chi connectivity index (χ2n) is 6.98. The van der Waals surface area contributed by atoms with Gasteiger partial charge in [-0.1, -0.05) is 6.92 Å². The standard InChI is InChI=1S/C20H22FN5OS/c1-3-14-9-17(13-4-5-15(21)12(2)8-13)24-26(14)11-19(27)25-7-6-16-18(10-25)28-20(22)23-16/h4-5,8-9H,3,6-7,10-11H2,1-2H3,(H2,22,23). The molecule has 0 spiro atoms. The summed E-state index contributed by atoms with van der Waals surface area (Å²) in [5.74, 6) is -0.209. The van der Waals surface area contributed by atoms with Gasteiger partial charge < -0.3 is 10.6 Å². The first-order valence-electron chi connectivity index (χ1n) is 9.29. The minimum atomic E-state index is -0.234. The highest BCUT2D eigenvalue weighted by atomic mass is 32.1. The molecule has 1 amide bonds. The normalized spacial score (nSPS) is 13.6. The van der Waals surface area contributed by atoms with Crippen LogP contribution in [-0.4, -0.2) is 32.1 Å². The van der Waals surface area contributed by atoms with Crippen LogP contribution in [0.3, 0.4) is 0 Å². The average Bonchev–Trinajstić information content (AvgIpc) is 3.25. The number of nitrogens with two attached hydrogens (primary N) is 1. The third-order valence-electron chi connectivity index (χ3n) is 5.06. The number of aryl methyl sites for hydroxylation is 2. The fourth-order valence-electron chi connectivity index (χ4n) is 3.48. The fourth-order valence-corrected chi connectivity index (χ4v) is 4.37. The molecule has 0 atom stereocenters. The van der Waals surface area contributed by atoms with E-state index >= 15 is 0 Å². The summed E-state index contributed by atoms with van der Waals surface area (Å²) in [4.78, 5) is 20.1. The maximum absolute atomic E-state index is 13.6. The summed E-state index contributed by atoms with van der Waals surface area (Å²) in [5, 5.41) is 5.18. The maximum Gasteiger partial charge on any atom is 0.244 e. The Morgan fingerprint density at radius 1 is 1.36 bits per heavy atom. The zero-order valence-electron chi connectivity index (χ0n) is 15.9. The molecule has 0 unspecified atom stereocenters. The van der Waals surface area contributed by atoms with E-state index in [0.717, 1.165) is 40.4 Å². The number of halogens is 1. The Bertz CT molecular complexity index is 1040. The monoisotopic (exact) mass is 399 g/mol. The van der Waals surface area contributed by atoms with Crippen LogP contribution >= 0.6 is 11.3 Å². The first kappa shape index (κ1) is 18.6. The molecule has 1 aromatic carbocycles. The molecule has 8 heteroatoms. The van der Waals surface area contributed by atoms with Crippen LogP contribution in [0, 0.1) is 12.7 Å². The van der Waals surface area contributed by atoms with Crippen molar-refractivity contribution in [1.29, 1.82) is 0 Å². The van der Waals surface area contributed by atoms with Gasteiger partial charge in [0.05, 0.1) is 17.9 Å². The third-order valence-corrected chi connectivity index (χ3v) is 5.98. The minimum Gasteiger partial charge on any atom is -0.375 e. The molecule has 2 aromatic heterocycles. The topological polar surface area (TPSA) is 77.0 Å². The number of nitrogens with zero attached hydrogens (tertiary/aromatic N) is 4. The van der Waals surface area contributed by atoms with Crippen molar-refractivity contribution in [2.75, 3.05) is 12.3 Å². The molecule has 0 saturated heterocycles. The summed E-state index contributed by atoms with van der Waals surface area (Å²) in [6.07, 6.45) is 1.49. The number of rotatable bonds is 4. The SMILES string of the molecule is CCc1cc(-c2ccc(F)c(C)c2)nn1CC(=O)N1CCc2nc(N)sc2C1. The first-order chi connectivity index (χ1) is 13.4. The van der Waals surface area contributed by atoms with Crippen molar-refractivity contribution < 1.29 is 9.18 Å². The Kier molecular flexibility index (Phi) is 4.89. The molecule has 0 fully saturated rings. The van der Waals surface area contributed by atoms with E-state index in [4.69, 9.17) is 5.73 Å². The number of benzene rings is 1. The second kappa shape index (κ2) is 7.35. The van der Waals surface area contributed by atoms with Crippen molar-refractivity contribution >= 4 is 22.4 Å². The van der Waals surface area contributed by atoms with Gasteiger partial charge in [-0.25, -0.2) is 9.37 Å². The molecule has 1 aliphatic rings. The second-order valence-corrected chi connectivity index (χ2v) is 8.10. The van der Waals surface area contributed by atoms with Crippen molar-refractivity contribution in [3.05, 3.63) is 51.9 Å². The van der Waals surface area contributed by atoms with Gasteiger partial charge in [0.15, 0.2) is 5.13 Å². The number of thiazole rings is 1. The van der Waals surface area contributed by atoms with Gasteiger partial charge in [0.25, 0.3) is 0 Å². The van der Waals surface area contributed by atoms with Gasteiger partial charge >= 0.3 is 0 Å². The van der Waals surface area contributed by atoms with E-state index in [2.05, 4.69) is 10.1 Å². The number of hydrogen-bond donors (Lipinski definition) is 1. The van der Waals surface area contributed by atoms with E-state index in [1.807, 2.05) is 17.9 Å². The van der Waals surface area contributed by atoms with Crippen LogP contribution in [0.5, 0.6) is 0 Å². The number of carbonyl (C=O) groups is 1. The number of carbonyl (C=O) groups excluding carboxylic acids is 1. The van der Waals surface area contributed by atoms with Crippen molar-refractivity contribution in [3.8, 4) is 11.3 Å². The maximum atomic E-state index is 13.6. The summed E-state index contributed by atoms with van der Waals surface area (Å²) >= 11 is 1.45. The van der Waals surface area contributed by atoms with E-state index in [1.165, 1.54) is 17.4 Å². The molecule has 0 aliphatic carbocycles. The number of fused-ring (bicyclic) bond motifs is 1. The van der Waals surface area contributed by atoms with Crippen molar-refractivity contribution in [3.63, 3.8) is 0 Å². The smallest absolute Gasteiger partial charge is 0.244 e. The van der Waals surface area contributed by atoms with Gasteiger partial charge in [-0.05, 0) is 43.2 Å². The van der Waals surface area contributed by atoms with Gasteiger partial charge in [0, 0.05) is 29.1 Å². The lowest BCUT2D eigenvalue weighted by Crippen LogP contribution is -2.38. The van der Waals surface area contributed by atoms with Gasteiger partial charge in [-0.2, -0.15) is 5.10 Å². The Balaban J connectivity index is 1.53. The lowest BCUT2D eigenvalue weighted by atomic mass is 10.1. The molecule has 146 valence electrons. The van der Waals surface area contributed by atoms with E-state index < -0.39 is 0 Å². The Hall–Kier alpha value is -2.74.